The second-order valence-corrected chi connectivity index (χ2v) is 9.00. The topological polar surface area (TPSA) is 77.0 Å². The smallest absolute Gasteiger partial charge is 0.344 e. The van der Waals surface area contributed by atoms with Crippen molar-refractivity contribution in [3.8, 4) is 0 Å². The number of halogens is 1. The van der Waals surface area contributed by atoms with Crippen LogP contribution >= 0.6 is 11.6 Å². The minimum absolute atomic E-state index is 0.174. The van der Waals surface area contributed by atoms with Gasteiger partial charge in [0.05, 0.1) is 0 Å². The minimum atomic E-state index is -0.213. The Bertz CT molecular complexity index is 979. The quantitative estimate of drug-likeness (QED) is 0.718. The summed E-state index contributed by atoms with van der Waals surface area (Å²) >= 11 is 6.35. The van der Waals surface area contributed by atoms with Gasteiger partial charge in [0.1, 0.15) is 0 Å². The first-order chi connectivity index (χ1) is 15.9. The fourth-order valence-electron chi connectivity index (χ4n) is 4.43. The summed E-state index contributed by atoms with van der Waals surface area (Å²) in [5, 5.41) is 7.51. The summed E-state index contributed by atoms with van der Waals surface area (Å²) in [5.74, 6) is 0.166. The molecule has 4 rings (SSSR count). The van der Waals surface area contributed by atoms with Crippen LogP contribution in [0, 0.1) is 0 Å². The molecule has 10 heteroatoms. The van der Waals surface area contributed by atoms with Crippen molar-refractivity contribution in [2.75, 3.05) is 69.1 Å². The molecule has 1 aromatic carbocycles. The molecule has 0 aliphatic carbocycles. The number of nitrogens with one attached hydrogen (secondary N) is 1. The molecule has 178 valence electrons. The summed E-state index contributed by atoms with van der Waals surface area (Å²) in [6, 6.07) is 7.63. The van der Waals surface area contributed by atoms with Crippen LogP contribution in [-0.2, 0) is 11.3 Å². The number of piperazine rings is 2. The summed E-state index contributed by atoms with van der Waals surface area (Å²) < 4.78 is 1.29. The van der Waals surface area contributed by atoms with Gasteiger partial charge in [-0.25, -0.2) is 4.79 Å². The Balaban J connectivity index is 1.35. The Morgan fingerprint density at radius 2 is 1.70 bits per heavy atom. The van der Waals surface area contributed by atoms with Gasteiger partial charge in [0.25, 0.3) is 0 Å². The Hall–Kier alpha value is -2.62. The predicted molar refractivity (Wildman–Crippen MR) is 130 cm³/mol. The van der Waals surface area contributed by atoms with Crippen LogP contribution in [0.1, 0.15) is 19.4 Å². The molecular weight excluding hydrogens is 442 g/mol. The maximum atomic E-state index is 12.8. The van der Waals surface area contributed by atoms with E-state index in [0.29, 0.717) is 18.9 Å². The first-order valence-electron chi connectivity index (χ1n) is 11.5. The SMILES string of the molecule is CCN1CCN(c2cc(Cl)ccc2CN2CCN(C(=O)n3ccc(NC(C)=O)n3)CC2)CC1. The van der Waals surface area contributed by atoms with Crippen molar-refractivity contribution in [3.63, 3.8) is 0 Å². The number of carbonyl (C=O) groups is 2. The molecule has 1 N–H and O–H groups in total. The van der Waals surface area contributed by atoms with Gasteiger partial charge in [-0.3, -0.25) is 9.69 Å². The Morgan fingerprint density at radius 3 is 2.36 bits per heavy atom. The molecular formula is C23H32ClN7O2. The third-order valence-corrected chi connectivity index (χ3v) is 6.57. The van der Waals surface area contributed by atoms with E-state index in [-0.39, 0.29) is 11.9 Å². The molecule has 3 heterocycles. The van der Waals surface area contributed by atoms with Crippen LogP contribution in [-0.4, -0.2) is 95.3 Å². The average Bonchev–Trinajstić information content (AvgIpc) is 3.28. The van der Waals surface area contributed by atoms with E-state index >= 15 is 0 Å². The molecule has 0 spiro atoms. The molecule has 0 unspecified atom stereocenters. The lowest BCUT2D eigenvalue weighted by Gasteiger charge is -2.38. The molecule has 9 nitrogen and oxygen atoms in total. The first kappa shape index (κ1) is 23.5. The maximum Gasteiger partial charge on any atom is 0.344 e. The number of hydrogen-bond acceptors (Lipinski definition) is 6. The molecule has 0 bridgehead atoms. The summed E-state index contributed by atoms with van der Waals surface area (Å²) in [6.07, 6.45) is 1.58. The van der Waals surface area contributed by atoms with Gasteiger partial charge in [-0.2, -0.15) is 4.68 Å². The number of likely N-dealkylation sites (N-methyl/N-ethyl adjacent to an activating group) is 1. The normalized spacial score (nSPS) is 17.9. The van der Waals surface area contributed by atoms with Crippen LogP contribution < -0.4 is 10.2 Å². The van der Waals surface area contributed by atoms with E-state index in [1.165, 1.54) is 22.9 Å². The number of hydrogen-bond donors (Lipinski definition) is 1. The fourth-order valence-corrected chi connectivity index (χ4v) is 4.60. The number of amides is 2. The second kappa shape index (κ2) is 10.5. The molecule has 2 amide bonds. The van der Waals surface area contributed by atoms with Gasteiger partial charge in [-0.15, -0.1) is 5.10 Å². The molecule has 2 aliphatic rings. The van der Waals surface area contributed by atoms with Crippen LogP contribution in [0.5, 0.6) is 0 Å². The van der Waals surface area contributed by atoms with E-state index in [1.54, 1.807) is 17.2 Å². The highest BCUT2D eigenvalue weighted by molar-refractivity contribution is 6.30. The van der Waals surface area contributed by atoms with Gasteiger partial charge < -0.3 is 20.0 Å². The van der Waals surface area contributed by atoms with Gasteiger partial charge >= 0.3 is 6.03 Å². The lowest BCUT2D eigenvalue weighted by Crippen LogP contribution is -2.50. The molecule has 0 saturated carbocycles. The standard InChI is InChI=1S/C23H32ClN7O2/c1-3-27-8-12-29(13-9-27)21-16-20(24)5-4-19(21)17-28-10-14-30(15-11-28)23(33)31-7-6-22(26-31)25-18(2)32/h4-7,16H,3,8-15,17H2,1-2H3,(H,25,26,32). The van der Waals surface area contributed by atoms with E-state index in [0.717, 1.165) is 57.4 Å². The zero-order chi connectivity index (χ0) is 23.4. The highest BCUT2D eigenvalue weighted by Crippen LogP contribution is 2.27. The third-order valence-electron chi connectivity index (χ3n) is 6.33. The Morgan fingerprint density at radius 1 is 1.00 bits per heavy atom. The summed E-state index contributed by atoms with van der Waals surface area (Å²) in [6.45, 7) is 12.5. The van der Waals surface area contributed by atoms with Crippen molar-refractivity contribution < 1.29 is 9.59 Å². The number of rotatable bonds is 5. The molecule has 2 saturated heterocycles. The van der Waals surface area contributed by atoms with Gasteiger partial charge in [-0.05, 0) is 24.2 Å². The number of carbonyl (C=O) groups excluding carboxylic acids is 2. The summed E-state index contributed by atoms with van der Waals surface area (Å²) in [7, 11) is 0. The van der Waals surface area contributed by atoms with Crippen LogP contribution in [0.3, 0.4) is 0 Å². The molecule has 2 aliphatic heterocycles. The highest BCUT2D eigenvalue weighted by Gasteiger charge is 2.25. The van der Waals surface area contributed by atoms with E-state index in [1.807, 2.05) is 6.07 Å². The van der Waals surface area contributed by atoms with E-state index in [9.17, 15) is 9.59 Å². The molecule has 0 atom stereocenters. The minimum Gasteiger partial charge on any atom is -0.369 e. The van der Waals surface area contributed by atoms with Crippen molar-refractivity contribution in [2.24, 2.45) is 0 Å². The average molecular weight is 474 g/mol. The van der Waals surface area contributed by atoms with Crippen molar-refractivity contribution >= 4 is 35.0 Å². The van der Waals surface area contributed by atoms with E-state index in [2.05, 4.69) is 44.2 Å². The van der Waals surface area contributed by atoms with Crippen molar-refractivity contribution in [1.82, 2.24) is 24.5 Å². The molecule has 33 heavy (non-hydrogen) atoms. The third kappa shape index (κ3) is 5.85. The van der Waals surface area contributed by atoms with Crippen molar-refractivity contribution in [2.45, 2.75) is 20.4 Å². The number of aromatic nitrogens is 2. The van der Waals surface area contributed by atoms with Crippen LogP contribution in [0.2, 0.25) is 5.02 Å². The molecule has 2 fully saturated rings. The fraction of sp³-hybridized carbons (Fsp3) is 0.522. The summed E-state index contributed by atoms with van der Waals surface area (Å²) in [5.41, 5.74) is 2.50. The highest BCUT2D eigenvalue weighted by atomic mass is 35.5. The number of anilines is 2. The maximum absolute atomic E-state index is 12.8. The Kier molecular flexibility index (Phi) is 7.52. The summed E-state index contributed by atoms with van der Waals surface area (Å²) in [4.78, 5) is 33.1. The first-order valence-corrected chi connectivity index (χ1v) is 11.9. The van der Waals surface area contributed by atoms with E-state index < -0.39 is 0 Å². The lowest BCUT2D eigenvalue weighted by atomic mass is 10.1. The van der Waals surface area contributed by atoms with Crippen LogP contribution in [0.15, 0.2) is 30.5 Å². The van der Waals surface area contributed by atoms with Gasteiger partial charge in [-0.1, -0.05) is 24.6 Å². The van der Waals surface area contributed by atoms with Crippen molar-refractivity contribution in [3.05, 3.63) is 41.0 Å². The van der Waals surface area contributed by atoms with E-state index in [4.69, 9.17) is 11.6 Å². The largest absolute Gasteiger partial charge is 0.369 e. The Labute approximate surface area is 199 Å². The predicted octanol–water partition coefficient (Wildman–Crippen LogP) is 2.42. The molecule has 2 aromatic rings. The van der Waals surface area contributed by atoms with Crippen LogP contribution in [0.4, 0.5) is 16.3 Å². The zero-order valence-electron chi connectivity index (χ0n) is 19.3. The lowest BCUT2D eigenvalue weighted by molar-refractivity contribution is -0.114. The monoisotopic (exact) mass is 473 g/mol. The van der Waals surface area contributed by atoms with Crippen LogP contribution in [0.25, 0.3) is 0 Å². The van der Waals surface area contributed by atoms with Gasteiger partial charge in [0.2, 0.25) is 5.91 Å². The number of nitrogens with zero attached hydrogens (tertiary/aromatic N) is 6. The van der Waals surface area contributed by atoms with Crippen molar-refractivity contribution in [1.29, 1.82) is 0 Å². The molecule has 1 aromatic heterocycles. The van der Waals surface area contributed by atoms with Gasteiger partial charge in [0.15, 0.2) is 5.82 Å². The molecule has 0 radical (unpaired) electrons. The second-order valence-electron chi connectivity index (χ2n) is 8.57. The number of benzene rings is 1. The zero-order valence-corrected chi connectivity index (χ0v) is 20.1. The van der Waals surface area contributed by atoms with Gasteiger partial charge in [0, 0.05) is 88.8 Å².